The molecule has 0 unspecified atom stereocenters. The van der Waals surface area contributed by atoms with Crippen molar-refractivity contribution in [2.75, 3.05) is 43.4 Å². The molecule has 0 saturated carbocycles. The first-order valence-electron chi connectivity index (χ1n) is 11.7. The number of carboxylic acids is 1. The van der Waals surface area contributed by atoms with Crippen molar-refractivity contribution >= 4 is 33.9 Å². The van der Waals surface area contributed by atoms with Crippen molar-refractivity contribution in [3.8, 4) is 11.3 Å². The molecule has 10 heteroatoms. The van der Waals surface area contributed by atoms with E-state index in [4.69, 9.17) is 5.11 Å². The van der Waals surface area contributed by atoms with Crippen LogP contribution in [0.25, 0.3) is 22.0 Å². The average Bonchev–Trinajstić information content (AvgIpc) is 2.89. The highest BCUT2D eigenvalue weighted by Gasteiger charge is 2.32. The molecule has 1 saturated heterocycles. The number of halogens is 3. The Hall–Kier alpha value is -4.18. The average molecular weight is 508 g/mol. The Morgan fingerprint density at radius 3 is 2.24 bits per heavy atom. The molecule has 0 bridgehead atoms. The van der Waals surface area contributed by atoms with Crippen LogP contribution in [0.3, 0.4) is 0 Å². The third-order valence-electron chi connectivity index (χ3n) is 6.47. The maximum Gasteiger partial charge on any atom is 0.416 e. The predicted molar refractivity (Wildman–Crippen MR) is 136 cm³/mol. The van der Waals surface area contributed by atoms with Crippen molar-refractivity contribution in [2.45, 2.75) is 6.18 Å². The summed E-state index contributed by atoms with van der Waals surface area (Å²) in [6.45, 7) is 2.80. The minimum atomic E-state index is -4.50. The molecule has 190 valence electrons. The molecule has 7 nitrogen and oxygen atoms in total. The standard InChI is InChI=1S/C27H24F3N5O2/c1-34-10-12-35(13-11-34)21-15-19(27(28,29)30)14-20(16-21)31-25-23-5-3-2-4-22(23)24(32-33-25)17-6-8-18(9-7-17)26(36)37/h2-9,14-16H,10-13H2,1H3,(H,31,33)(H,36,37). The monoisotopic (exact) mass is 507 g/mol. The van der Waals surface area contributed by atoms with Crippen LogP contribution in [0.15, 0.2) is 66.7 Å². The summed E-state index contributed by atoms with van der Waals surface area (Å²) in [4.78, 5) is 15.3. The maximum atomic E-state index is 13.8. The van der Waals surface area contributed by atoms with Crippen molar-refractivity contribution in [2.24, 2.45) is 0 Å². The highest BCUT2D eigenvalue weighted by Crippen LogP contribution is 2.37. The van der Waals surface area contributed by atoms with Gasteiger partial charge in [0.2, 0.25) is 0 Å². The summed E-state index contributed by atoms with van der Waals surface area (Å²) in [5.41, 5.74) is 1.40. The second-order valence-corrected chi connectivity index (χ2v) is 9.01. The van der Waals surface area contributed by atoms with Gasteiger partial charge in [-0.2, -0.15) is 13.2 Å². The summed E-state index contributed by atoms with van der Waals surface area (Å²) in [5, 5.41) is 22.3. The minimum Gasteiger partial charge on any atom is -0.478 e. The van der Waals surface area contributed by atoms with Gasteiger partial charge in [-0.3, -0.25) is 0 Å². The largest absolute Gasteiger partial charge is 0.478 e. The predicted octanol–water partition coefficient (Wildman–Crippen LogP) is 5.51. The van der Waals surface area contributed by atoms with Crippen LogP contribution in [0, 0.1) is 0 Å². The zero-order chi connectivity index (χ0) is 26.2. The first-order valence-corrected chi connectivity index (χ1v) is 11.7. The van der Waals surface area contributed by atoms with Gasteiger partial charge in [0.1, 0.15) is 5.69 Å². The number of anilines is 3. The molecule has 0 amide bonds. The van der Waals surface area contributed by atoms with E-state index < -0.39 is 17.7 Å². The van der Waals surface area contributed by atoms with Crippen LogP contribution in [0.5, 0.6) is 0 Å². The lowest BCUT2D eigenvalue weighted by Gasteiger charge is -2.34. The van der Waals surface area contributed by atoms with Crippen LogP contribution in [-0.4, -0.2) is 59.4 Å². The summed E-state index contributed by atoms with van der Waals surface area (Å²) < 4.78 is 41.3. The number of piperazine rings is 1. The number of fused-ring (bicyclic) bond motifs is 1. The molecule has 0 aliphatic carbocycles. The second-order valence-electron chi connectivity index (χ2n) is 9.01. The first-order chi connectivity index (χ1) is 17.7. The number of aromatic carboxylic acids is 1. The molecule has 5 rings (SSSR count). The molecule has 2 heterocycles. The molecule has 4 aromatic rings. The lowest BCUT2D eigenvalue weighted by molar-refractivity contribution is -0.137. The summed E-state index contributed by atoms with van der Waals surface area (Å²) >= 11 is 0. The number of benzene rings is 3. The lowest BCUT2D eigenvalue weighted by atomic mass is 10.0. The van der Waals surface area contributed by atoms with Gasteiger partial charge in [0.05, 0.1) is 11.1 Å². The Kier molecular flexibility index (Phi) is 6.43. The van der Waals surface area contributed by atoms with E-state index in [9.17, 15) is 18.0 Å². The smallest absolute Gasteiger partial charge is 0.416 e. The molecule has 0 atom stereocenters. The number of nitrogens with zero attached hydrogens (tertiary/aromatic N) is 4. The van der Waals surface area contributed by atoms with Gasteiger partial charge < -0.3 is 20.2 Å². The van der Waals surface area contributed by atoms with Gasteiger partial charge in [0, 0.05) is 53.9 Å². The maximum absolute atomic E-state index is 13.8. The van der Waals surface area contributed by atoms with Gasteiger partial charge >= 0.3 is 12.1 Å². The van der Waals surface area contributed by atoms with Gasteiger partial charge in [0.25, 0.3) is 0 Å². The number of aromatic nitrogens is 2. The van der Waals surface area contributed by atoms with Crippen molar-refractivity contribution < 1.29 is 23.1 Å². The van der Waals surface area contributed by atoms with Gasteiger partial charge in [0.15, 0.2) is 5.82 Å². The third-order valence-corrected chi connectivity index (χ3v) is 6.47. The quantitative estimate of drug-likeness (QED) is 0.369. The zero-order valence-electron chi connectivity index (χ0n) is 20.0. The van der Waals surface area contributed by atoms with E-state index in [0.717, 1.165) is 24.5 Å². The zero-order valence-corrected chi connectivity index (χ0v) is 20.0. The molecule has 0 radical (unpaired) electrons. The first kappa shape index (κ1) is 24.5. The Morgan fingerprint density at radius 1 is 0.919 bits per heavy atom. The number of hydrogen-bond donors (Lipinski definition) is 2. The van der Waals surface area contributed by atoms with Gasteiger partial charge in [-0.15, -0.1) is 10.2 Å². The van der Waals surface area contributed by atoms with Crippen molar-refractivity contribution in [1.82, 2.24) is 15.1 Å². The van der Waals surface area contributed by atoms with E-state index in [1.54, 1.807) is 18.2 Å². The van der Waals surface area contributed by atoms with E-state index in [1.165, 1.54) is 18.2 Å². The van der Waals surface area contributed by atoms with Crippen LogP contribution in [-0.2, 0) is 6.18 Å². The van der Waals surface area contributed by atoms with E-state index in [-0.39, 0.29) is 11.3 Å². The van der Waals surface area contributed by atoms with Crippen LogP contribution in [0.2, 0.25) is 0 Å². The summed E-state index contributed by atoms with van der Waals surface area (Å²) in [6.07, 6.45) is -4.50. The number of alkyl halides is 3. The molecular formula is C27H24F3N5O2. The topological polar surface area (TPSA) is 81.6 Å². The SMILES string of the molecule is CN1CCN(c2cc(Nc3nnc(-c4ccc(C(=O)O)cc4)c4ccccc34)cc(C(F)(F)F)c2)CC1. The fraction of sp³-hybridized carbons (Fsp3) is 0.222. The van der Waals surface area contributed by atoms with Crippen molar-refractivity contribution in [3.05, 3.63) is 77.9 Å². The number of hydrogen-bond acceptors (Lipinski definition) is 6. The summed E-state index contributed by atoms with van der Waals surface area (Å²) in [5.74, 6) is -0.704. The molecule has 37 heavy (non-hydrogen) atoms. The number of carboxylic acid groups (broad SMARTS) is 1. The van der Waals surface area contributed by atoms with Crippen LogP contribution in [0.4, 0.5) is 30.4 Å². The summed E-state index contributed by atoms with van der Waals surface area (Å²) in [7, 11) is 1.99. The molecule has 0 spiro atoms. The molecule has 3 aromatic carbocycles. The highest BCUT2D eigenvalue weighted by atomic mass is 19.4. The highest BCUT2D eigenvalue weighted by molar-refractivity contribution is 6.01. The molecule has 1 aliphatic rings. The molecule has 2 N–H and O–H groups in total. The summed E-state index contributed by atoms with van der Waals surface area (Å²) in [6, 6.07) is 17.6. The Balaban J connectivity index is 1.53. The fourth-order valence-corrected chi connectivity index (χ4v) is 4.41. The van der Waals surface area contributed by atoms with Gasteiger partial charge in [-0.1, -0.05) is 36.4 Å². The van der Waals surface area contributed by atoms with E-state index in [0.29, 0.717) is 41.2 Å². The van der Waals surface area contributed by atoms with Crippen molar-refractivity contribution in [3.63, 3.8) is 0 Å². The van der Waals surface area contributed by atoms with Gasteiger partial charge in [-0.25, -0.2) is 4.79 Å². The van der Waals surface area contributed by atoms with Crippen LogP contribution in [0.1, 0.15) is 15.9 Å². The van der Waals surface area contributed by atoms with Crippen LogP contribution >= 0.6 is 0 Å². The van der Waals surface area contributed by atoms with Gasteiger partial charge in [-0.05, 0) is 37.4 Å². The normalized spacial score (nSPS) is 14.6. The lowest BCUT2D eigenvalue weighted by Crippen LogP contribution is -2.44. The Bertz CT molecular complexity index is 1450. The minimum absolute atomic E-state index is 0.153. The van der Waals surface area contributed by atoms with E-state index in [1.807, 2.05) is 36.2 Å². The number of carbonyl (C=O) groups is 1. The second kappa shape index (κ2) is 9.70. The molecule has 1 aliphatic heterocycles. The fourth-order valence-electron chi connectivity index (χ4n) is 4.41. The third kappa shape index (κ3) is 5.19. The van der Waals surface area contributed by atoms with Crippen LogP contribution < -0.4 is 10.2 Å². The Labute approximate surface area is 211 Å². The van der Waals surface area contributed by atoms with E-state index in [2.05, 4.69) is 20.4 Å². The molecule has 1 aromatic heterocycles. The number of nitrogens with one attached hydrogen (secondary N) is 1. The molecular weight excluding hydrogens is 483 g/mol. The number of likely N-dealkylation sites (N-methyl/N-ethyl adjacent to an activating group) is 1. The number of rotatable bonds is 5. The Morgan fingerprint density at radius 2 is 1.59 bits per heavy atom. The molecule has 1 fully saturated rings. The van der Waals surface area contributed by atoms with Crippen molar-refractivity contribution in [1.29, 1.82) is 0 Å². The van der Waals surface area contributed by atoms with E-state index >= 15 is 0 Å².